The highest BCUT2D eigenvalue weighted by atomic mass is 16.7. The third-order valence-corrected chi connectivity index (χ3v) is 6.99. The van der Waals surface area contributed by atoms with Crippen LogP contribution < -0.4 is 0 Å². The Balaban J connectivity index is 2.05. The normalized spacial score (nSPS) is 27.7. The van der Waals surface area contributed by atoms with Crippen molar-refractivity contribution in [2.45, 2.75) is 90.8 Å². The summed E-state index contributed by atoms with van der Waals surface area (Å²) in [7, 11) is 2.73. The highest BCUT2D eigenvalue weighted by Gasteiger charge is 2.57. The second kappa shape index (κ2) is 14.1. The second-order valence-corrected chi connectivity index (χ2v) is 11.2. The molecule has 0 unspecified atom stereocenters. The van der Waals surface area contributed by atoms with Crippen molar-refractivity contribution in [3.63, 3.8) is 0 Å². The van der Waals surface area contributed by atoms with Crippen LogP contribution >= 0.6 is 0 Å². The Kier molecular flexibility index (Phi) is 11.0. The van der Waals surface area contributed by atoms with Crippen LogP contribution in [0.25, 0.3) is 0 Å². The Morgan fingerprint density at radius 3 is 1.95 bits per heavy atom. The Labute approximate surface area is 245 Å². The highest BCUT2D eigenvalue weighted by molar-refractivity contribution is 5.83. The van der Waals surface area contributed by atoms with Crippen LogP contribution in [0.15, 0.2) is 24.5 Å². The van der Waals surface area contributed by atoms with E-state index >= 15 is 0 Å². The molecule has 0 spiro atoms. The van der Waals surface area contributed by atoms with Crippen LogP contribution in [0.1, 0.15) is 59.6 Å². The SMILES string of the molecule is COC(=O)[C@H]1O[C@@H](O[C@H]2C[C@@H](c3cccnc3)N(C)C2=O)[C@H](OC(=O)C(C)C)[C@@H](OC(=O)C(C)C)[C@@H]1OC(=O)C(C)C. The number of hydrogen-bond acceptors (Lipinski definition) is 12. The molecule has 2 aliphatic rings. The number of amides is 1. The predicted octanol–water partition coefficient (Wildman–Crippen LogP) is 1.97. The molecule has 2 aliphatic heterocycles. The summed E-state index contributed by atoms with van der Waals surface area (Å²) in [6.45, 7) is 9.53. The molecule has 1 amide bonds. The Morgan fingerprint density at radius 1 is 0.905 bits per heavy atom. The number of likely N-dealkylation sites (tertiary alicyclic amines) is 1. The molecule has 1 aromatic rings. The number of hydrogen-bond donors (Lipinski definition) is 0. The number of esters is 4. The van der Waals surface area contributed by atoms with Gasteiger partial charge in [0.15, 0.2) is 24.4 Å². The molecule has 0 aromatic carbocycles. The van der Waals surface area contributed by atoms with Crippen LogP contribution in [0.4, 0.5) is 0 Å². The Bertz CT molecular complexity index is 1140. The number of ether oxygens (including phenoxy) is 6. The zero-order valence-electron chi connectivity index (χ0n) is 25.2. The monoisotopic (exact) mass is 592 g/mol. The third-order valence-electron chi connectivity index (χ3n) is 6.99. The van der Waals surface area contributed by atoms with Gasteiger partial charge in [-0.15, -0.1) is 0 Å². The van der Waals surface area contributed by atoms with Crippen LogP contribution in [0.2, 0.25) is 0 Å². The summed E-state index contributed by atoms with van der Waals surface area (Å²) in [5.74, 6) is -5.33. The molecule has 2 saturated heterocycles. The maximum atomic E-state index is 13.3. The fraction of sp³-hybridized carbons (Fsp3) is 0.655. The summed E-state index contributed by atoms with van der Waals surface area (Å²) in [5.41, 5.74) is 0.781. The third kappa shape index (κ3) is 7.43. The summed E-state index contributed by atoms with van der Waals surface area (Å²) in [6.07, 6.45) is -5.44. The zero-order chi connectivity index (χ0) is 31.3. The average Bonchev–Trinajstić information content (AvgIpc) is 3.23. The number of aromatic nitrogens is 1. The van der Waals surface area contributed by atoms with Gasteiger partial charge in [0.05, 0.1) is 30.9 Å². The minimum Gasteiger partial charge on any atom is -0.467 e. The van der Waals surface area contributed by atoms with E-state index in [4.69, 9.17) is 28.4 Å². The van der Waals surface area contributed by atoms with Crippen LogP contribution in [0.3, 0.4) is 0 Å². The molecule has 232 valence electrons. The molecule has 0 N–H and O–H groups in total. The summed E-state index contributed by atoms with van der Waals surface area (Å²) >= 11 is 0. The summed E-state index contributed by atoms with van der Waals surface area (Å²) in [6, 6.07) is 3.21. The van der Waals surface area contributed by atoms with Gasteiger partial charge in [-0.3, -0.25) is 24.2 Å². The number of methoxy groups -OCH3 is 1. The van der Waals surface area contributed by atoms with Crippen LogP contribution in [0, 0.1) is 17.8 Å². The van der Waals surface area contributed by atoms with E-state index in [-0.39, 0.29) is 18.4 Å². The molecule has 0 saturated carbocycles. The fourth-order valence-electron chi connectivity index (χ4n) is 4.48. The summed E-state index contributed by atoms with van der Waals surface area (Å²) in [5, 5.41) is 0. The molecule has 1 aromatic heterocycles. The van der Waals surface area contributed by atoms with E-state index in [2.05, 4.69) is 4.98 Å². The number of likely N-dealkylation sites (N-methyl/N-ethyl adjacent to an activating group) is 1. The summed E-state index contributed by atoms with van der Waals surface area (Å²) in [4.78, 5) is 70.3. The summed E-state index contributed by atoms with van der Waals surface area (Å²) < 4.78 is 34.1. The van der Waals surface area contributed by atoms with Gasteiger partial charge in [0, 0.05) is 25.9 Å². The minimum atomic E-state index is -1.63. The minimum absolute atomic E-state index is 0.191. The van der Waals surface area contributed by atoms with Crippen LogP contribution in [-0.4, -0.2) is 90.6 Å². The Morgan fingerprint density at radius 2 is 1.45 bits per heavy atom. The maximum absolute atomic E-state index is 13.3. The molecular weight excluding hydrogens is 552 g/mol. The Hall–Kier alpha value is -3.58. The molecule has 42 heavy (non-hydrogen) atoms. The van der Waals surface area contributed by atoms with E-state index in [1.165, 1.54) is 4.90 Å². The van der Waals surface area contributed by atoms with E-state index in [1.54, 1.807) is 67.1 Å². The number of carbonyl (C=O) groups is 5. The lowest BCUT2D eigenvalue weighted by Crippen LogP contribution is -2.65. The highest BCUT2D eigenvalue weighted by Crippen LogP contribution is 2.37. The van der Waals surface area contributed by atoms with Crippen LogP contribution in [-0.2, 0) is 52.4 Å². The lowest BCUT2D eigenvalue weighted by molar-refractivity contribution is -0.309. The number of carbonyl (C=O) groups excluding carboxylic acids is 5. The number of pyridine rings is 1. The first-order valence-corrected chi connectivity index (χ1v) is 13.9. The predicted molar refractivity (Wildman–Crippen MR) is 144 cm³/mol. The molecule has 0 bridgehead atoms. The first-order valence-electron chi connectivity index (χ1n) is 13.9. The first-order chi connectivity index (χ1) is 19.8. The van der Waals surface area contributed by atoms with Crippen molar-refractivity contribution in [1.82, 2.24) is 9.88 Å². The standard InChI is InChI=1S/C29H40N2O11/c1-14(2)25(33)39-20-21(40-26(34)15(3)4)23(41-27(35)16(5)6)29(42-22(20)28(36)37-8)38-19-12-18(31(7)24(19)32)17-10-9-11-30-13-17/h9-11,13-16,18-23,29H,12H2,1-8H3/t18-,19-,20-,21-,22-,23+,29+/m0/s1. The van der Waals surface area contributed by atoms with Crippen molar-refractivity contribution in [2.24, 2.45) is 17.8 Å². The van der Waals surface area contributed by atoms with Crippen molar-refractivity contribution in [3.8, 4) is 0 Å². The molecule has 3 heterocycles. The fourth-order valence-corrected chi connectivity index (χ4v) is 4.48. The molecule has 0 radical (unpaired) electrons. The van der Waals surface area contributed by atoms with E-state index in [1.807, 2.05) is 6.07 Å². The maximum Gasteiger partial charge on any atom is 0.339 e. The zero-order valence-corrected chi connectivity index (χ0v) is 25.2. The van der Waals surface area contributed by atoms with Crippen molar-refractivity contribution in [2.75, 3.05) is 14.2 Å². The lowest BCUT2D eigenvalue weighted by atomic mass is 9.97. The molecular formula is C29H40N2O11. The number of nitrogens with zero attached hydrogens (tertiary/aromatic N) is 2. The average molecular weight is 593 g/mol. The quantitative estimate of drug-likeness (QED) is 0.288. The van der Waals surface area contributed by atoms with Crippen LogP contribution in [0.5, 0.6) is 0 Å². The van der Waals surface area contributed by atoms with Gasteiger partial charge in [0.25, 0.3) is 5.91 Å². The van der Waals surface area contributed by atoms with Gasteiger partial charge in [0.1, 0.15) is 6.10 Å². The first kappa shape index (κ1) is 32.9. The van der Waals surface area contributed by atoms with Gasteiger partial charge in [-0.1, -0.05) is 47.6 Å². The number of rotatable bonds is 10. The van der Waals surface area contributed by atoms with Crippen molar-refractivity contribution >= 4 is 29.8 Å². The van der Waals surface area contributed by atoms with E-state index in [0.717, 1.165) is 12.7 Å². The molecule has 2 fully saturated rings. The molecule has 0 aliphatic carbocycles. The molecule has 7 atom stereocenters. The largest absolute Gasteiger partial charge is 0.467 e. The van der Waals surface area contributed by atoms with Gasteiger partial charge in [-0.25, -0.2) is 4.79 Å². The van der Waals surface area contributed by atoms with Crippen molar-refractivity contribution in [3.05, 3.63) is 30.1 Å². The molecule has 3 rings (SSSR count). The van der Waals surface area contributed by atoms with E-state index in [9.17, 15) is 24.0 Å². The second-order valence-electron chi connectivity index (χ2n) is 11.2. The van der Waals surface area contributed by atoms with Gasteiger partial charge in [-0.2, -0.15) is 0 Å². The lowest BCUT2D eigenvalue weighted by Gasteiger charge is -2.44. The van der Waals surface area contributed by atoms with Gasteiger partial charge in [0.2, 0.25) is 6.29 Å². The smallest absolute Gasteiger partial charge is 0.339 e. The van der Waals surface area contributed by atoms with Gasteiger partial charge in [-0.05, 0) is 11.6 Å². The van der Waals surface area contributed by atoms with Crippen molar-refractivity contribution < 1.29 is 52.4 Å². The van der Waals surface area contributed by atoms with Gasteiger partial charge >= 0.3 is 23.9 Å². The molecule has 13 heteroatoms. The molecule has 13 nitrogen and oxygen atoms in total. The van der Waals surface area contributed by atoms with Crippen molar-refractivity contribution in [1.29, 1.82) is 0 Å². The van der Waals surface area contributed by atoms with E-state index < -0.39 is 78.4 Å². The van der Waals surface area contributed by atoms with Gasteiger partial charge < -0.3 is 33.3 Å². The topological polar surface area (TPSA) is 157 Å². The van der Waals surface area contributed by atoms with E-state index in [0.29, 0.717) is 0 Å².